The molecule has 0 aliphatic carbocycles. The first-order chi connectivity index (χ1) is 13.4. The molecule has 3 rings (SSSR count). The van der Waals surface area contributed by atoms with Crippen molar-refractivity contribution in [3.8, 4) is 5.75 Å². The second-order valence-electron chi connectivity index (χ2n) is 6.10. The summed E-state index contributed by atoms with van der Waals surface area (Å²) < 4.78 is 6.43. The maximum atomic E-state index is 13.0. The van der Waals surface area contributed by atoms with Crippen molar-refractivity contribution in [3.63, 3.8) is 0 Å². The number of thiocarbonyl (C=S) groups is 1. The summed E-state index contributed by atoms with van der Waals surface area (Å²) in [6.07, 6.45) is 2.47. The first-order valence-corrected chi connectivity index (χ1v) is 10.4. The average Bonchev–Trinajstić information content (AvgIpc) is 2.67. The van der Waals surface area contributed by atoms with Crippen LogP contribution in [0, 0.1) is 3.57 Å². The Hall–Kier alpha value is -2.26. The van der Waals surface area contributed by atoms with Gasteiger partial charge < -0.3 is 4.74 Å². The largest absolute Gasteiger partial charge is 0.493 e. The number of rotatable bonds is 5. The van der Waals surface area contributed by atoms with Crippen LogP contribution in [0.15, 0.2) is 48.0 Å². The van der Waals surface area contributed by atoms with Crippen LogP contribution in [0.25, 0.3) is 6.08 Å². The van der Waals surface area contributed by atoms with Crippen LogP contribution in [0.3, 0.4) is 0 Å². The lowest BCUT2D eigenvalue weighted by molar-refractivity contribution is -0.122. The van der Waals surface area contributed by atoms with E-state index in [1.165, 1.54) is 4.90 Å². The number of benzene rings is 2. The molecule has 5 nitrogen and oxygen atoms in total. The van der Waals surface area contributed by atoms with E-state index in [0.29, 0.717) is 12.3 Å². The minimum atomic E-state index is -0.500. The van der Waals surface area contributed by atoms with Crippen molar-refractivity contribution in [1.82, 2.24) is 5.32 Å². The lowest BCUT2D eigenvalue weighted by Crippen LogP contribution is -2.54. The average molecular weight is 506 g/mol. The third kappa shape index (κ3) is 4.25. The van der Waals surface area contributed by atoms with Gasteiger partial charge in [0.05, 0.1) is 15.9 Å². The van der Waals surface area contributed by atoms with Crippen molar-refractivity contribution in [2.75, 3.05) is 11.5 Å². The summed E-state index contributed by atoms with van der Waals surface area (Å²) in [6.45, 7) is 4.55. The van der Waals surface area contributed by atoms with Crippen molar-refractivity contribution in [2.45, 2.75) is 20.3 Å². The van der Waals surface area contributed by atoms with Crippen molar-refractivity contribution in [2.24, 2.45) is 0 Å². The molecular formula is C21H19IN2O3S. The molecular weight excluding hydrogens is 487 g/mol. The number of hydrogen-bond acceptors (Lipinski definition) is 4. The summed E-state index contributed by atoms with van der Waals surface area (Å²) in [7, 11) is 0. The zero-order valence-corrected chi connectivity index (χ0v) is 18.5. The van der Waals surface area contributed by atoms with Gasteiger partial charge in [0, 0.05) is 0 Å². The van der Waals surface area contributed by atoms with E-state index in [1.807, 2.05) is 49.4 Å². The maximum Gasteiger partial charge on any atom is 0.270 e. The summed E-state index contributed by atoms with van der Waals surface area (Å²) in [5.41, 5.74) is 2.55. The monoisotopic (exact) mass is 506 g/mol. The zero-order chi connectivity index (χ0) is 20.3. The number of carbonyl (C=O) groups excluding carboxylic acids is 2. The second kappa shape index (κ2) is 8.83. The third-order valence-corrected chi connectivity index (χ3v) is 5.40. The second-order valence-corrected chi connectivity index (χ2v) is 7.65. The molecule has 0 spiro atoms. The van der Waals surface area contributed by atoms with Gasteiger partial charge in [-0.2, -0.15) is 0 Å². The number of nitrogens with one attached hydrogen (secondary N) is 1. The van der Waals surface area contributed by atoms with Gasteiger partial charge >= 0.3 is 0 Å². The molecule has 7 heteroatoms. The highest BCUT2D eigenvalue weighted by Crippen LogP contribution is 2.26. The Bertz CT molecular complexity index is 970. The van der Waals surface area contributed by atoms with E-state index in [2.05, 4.69) is 34.8 Å². The first-order valence-electron chi connectivity index (χ1n) is 8.87. The highest BCUT2D eigenvalue weighted by atomic mass is 127. The van der Waals surface area contributed by atoms with Crippen LogP contribution in [-0.2, 0) is 16.0 Å². The molecule has 144 valence electrons. The Labute approximate surface area is 182 Å². The number of carbonyl (C=O) groups is 2. The molecule has 1 aliphatic heterocycles. The van der Waals surface area contributed by atoms with Crippen LogP contribution in [0.1, 0.15) is 25.0 Å². The SMILES string of the molecule is CCOc1ccc(/C=C2\C(=O)NC(=S)N(c3ccc(CC)cc3)C2=O)cc1I. The standard InChI is InChI=1S/C21H19IN2O3S/c1-3-13-5-8-15(9-6-13)24-20(26)16(19(25)23-21(24)28)11-14-7-10-18(27-4-2)17(22)12-14/h5-12H,3-4H2,1-2H3,(H,23,25,28)/b16-11+. The number of anilines is 1. The summed E-state index contributed by atoms with van der Waals surface area (Å²) >= 11 is 7.40. The van der Waals surface area contributed by atoms with E-state index >= 15 is 0 Å². The maximum absolute atomic E-state index is 13.0. The minimum absolute atomic E-state index is 0.0353. The summed E-state index contributed by atoms with van der Waals surface area (Å²) in [6, 6.07) is 13.1. The highest BCUT2D eigenvalue weighted by Gasteiger charge is 2.34. The molecule has 2 aromatic carbocycles. The minimum Gasteiger partial charge on any atom is -0.493 e. The van der Waals surface area contributed by atoms with Crippen LogP contribution in [-0.4, -0.2) is 23.5 Å². The van der Waals surface area contributed by atoms with Gasteiger partial charge in [-0.25, -0.2) is 0 Å². The fourth-order valence-corrected chi connectivity index (χ4v) is 3.79. The molecule has 1 aliphatic rings. The number of halogens is 1. The van der Waals surface area contributed by atoms with Gasteiger partial charge in [0.1, 0.15) is 11.3 Å². The smallest absolute Gasteiger partial charge is 0.270 e. The van der Waals surface area contributed by atoms with Crippen LogP contribution in [0.4, 0.5) is 5.69 Å². The number of aryl methyl sites for hydroxylation is 1. The lowest BCUT2D eigenvalue weighted by atomic mass is 10.1. The Morgan fingerprint density at radius 3 is 2.46 bits per heavy atom. The topological polar surface area (TPSA) is 58.6 Å². The molecule has 1 saturated heterocycles. The molecule has 0 bridgehead atoms. The van der Waals surface area contributed by atoms with Gasteiger partial charge in [0.15, 0.2) is 5.11 Å². The predicted molar refractivity (Wildman–Crippen MR) is 122 cm³/mol. The fraction of sp³-hybridized carbons (Fsp3) is 0.190. The highest BCUT2D eigenvalue weighted by molar-refractivity contribution is 14.1. The molecule has 0 unspecified atom stereocenters. The fourth-order valence-electron chi connectivity index (χ4n) is 2.82. The van der Waals surface area contributed by atoms with Crippen molar-refractivity contribution >= 4 is 63.5 Å². The molecule has 2 aromatic rings. The molecule has 1 fully saturated rings. The molecule has 0 saturated carbocycles. The van der Waals surface area contributed by atoms with E-state index in [-0.39, 0.29) is 10.7 Å². The number of ether oxygens (including phenoxy) is 1. The van der Waals surface area contributed by atoms with Crippen molar-refractivity contribution < 1.29 is 14.3 Å². The van der Waals surface area contributed by atoms with Crippen LogP contribution >= 0.6 is 34.8 Å². The van der Waals surface area contributed by atoms with E-state index in [0.717, 1.165) is 26.9 Å². The zero-order valence-electron chi connectivity index (χ0n) is 15.5. The van der Waals surface area contributed by atoms with Gasteiger partial charge in [-0.3, -0.25) is 19.8 Å². The van der Waals surface area contributed by atoms with Crippen molar-refractivity contribution in [3.05, 3.63) is 62.7 Å². The van der Waals surface area contributed by atoms with Gasteiger partial charge in [-0.15, -0.1) is 0 Å². The van der Waals surface area contributed by atoms with Gasteiger partial charge in [0.2, 0.25) is 0 Å². The number of amides is 2. The van der Waals surface area contributed by atoms with E-state index in [1.54, 1.807) is 6.08 Å². The van der Waals surface area contributed by atoms with Crippen molar-refractivity contribution in [1.29, 1.82) is 0 Å². The lowest BCUT2D eigenvalue weighted by Gasteiger charge is -2.29. The Balaban J connectivity index is 1.95. The molecule has 0 atom stereocenters. The normalized spacial score (nSPS) is 15.8. The first kappa shape index (κ1) is 20.5. The molecule has 0 radical (unpaired) electrons. The van der Waals surface area contributed by atoms with Gasteiger partial charge in [-0.05, 0) is 89.6 Å². The van der Waals surface area contributed by atoms with E-state index < -0.39 is 11.8 Å². The molecule has 28 heavy (non-hydrogen) atoms. The molecule has 0 aromatic heterocycles. The number of hydrogen-bond donors (Lipinski definition) is 1. The summed E-state index contributed by atoms with van der Waals surface area (Å²) in [5, 5.41) is 2.69. The Morgan fingerprint density at radius 1 is 1.14 bits per heavy atom. The molecule has 1 heterocycles. The summed E-state index contributed by atoms with van der Waals surface area (Å²) in [4.78, 5) is 26.8. The van der Waals surface area contributed by atoms with Gasteiger partial charge in [0.25, 0.3) is 11.8 Å². The van der Waals surface area contributed by atoms with Gasteiger partial charge in [-0.1, -0.05) is 25.1 Å². The third-order valence-electron chi connectivity index (χ3n) is 4.27. The molecule has 2 amide bonds. The Kier molecular flexibility index (Phi) is 6.46. The molecule has 1 N–H and O–H groups in total. The summed E-state index contributed by atoms with van der Waals surface area (Å²) in [5.74, 6) is -0.175. The quantitative estimate of drug-likeness (QED) is 0.288. The van der Waals surface area contributed by atoms with E-state index in [4.69, 9.17) is 17.0 Å². The predicted octanol–water partition coefficient (Wildman–Crippen LogP) is 4.08. The van der Waals surface area contributed by atoms with Crippen LogP contribution in [0.5, 0.6) is 5.75 Å². The van der Waals surface area contributed by atoms with Crippen LogP contribution < -0.4 is 15.0 Å². The Morgan fingerprint density at radius 2 is 1.86 bits per heavy atom. The van der Waals surface area contributed by atoms with E-state index in [9.17, 15) is 9.59 Å². The van der Waals surface area contributed by atoms with Crippen LogP contribution in [0.2, 0.25) is 0 Å². The number of nitrogens with zero attached hydrogens (tertiary/aromatic N) is 1.